The lowest BCUT2D eigenvalue weighted by Crippen LogP contribution is -2.27. The molecule has 25 heavy (non-hydrogen) atoms. The van der Waals surface area contributed by atoms with Crippen molar-refractivity contribution >= 4 is 23.5 Å². The van der Waals surface area contributed by atoms with Crippen LogP contribution in [0.5, 0.6) is 11.5 Å². The molecule has 0 bridgehead atoms. The fraction of sp³-hybridized carbons (Fsp3) is 0.529. The molecule has 0 spiro atoms. The molecule has 1 aliphatic rings. The van der Waals surface area contributed by atoms with Crippen LogP contribution >= 0.6 is 11.6 Å². The van der Waals surface area contributed by atoms with Crippen molar-refractivity contribution in [3.05, 3.63) is 22.7 Å². The molecule has 0 aliphatic carbocycles. The Labute approximate surface area is 152 Å². The van der Waals surface area contributed by atoms with Crippen molar-refractivity contribution in [1.29, 1.82) is 0 Å². The van der Waals surface area contributed by atoms with Gasteiger partial charge in [0.05, 0.1) is 12.1 Å². The summed E-state index contributed by atoms with van der Waals surface area (Å²) >= 11 is 6.22. The van der Waals surface area contributed by atoms with Gasteiger partial charge in [0.25, 0.3) is 0 Å². The predicted molar refractivity (Wildman–Crippen MR) is 93.2 cm³/mol. The molecule has 1 aromatic rings. The summed E-state index contributed by atoms with van der Waals surface area (Å²) in [5, 5.41) is 9.04. The Morgan fingerprint density at radius 3 is 2.76 bits per heavy atom. The fourth-order valence-corrected chi connectivity index (χ4v) is 3.32. The van der Waals surface area contributed by atoms with Crippen molar-refractivity contribution in [2.75, 3.05) is 40.9 Å². The first-order valence-corrected chi connectivity index (χ1v) is 8.31. The molecule has 1 atom stereocenters. The molecule has 1 aromatic carbocycles. The van der Waals surface area contributed by atoms with E-state index in [0.29, 0.717) is 29.7 Å². The highest BCUT2D eigenvalue weighted by Gasteiger charge is 2.27. The summed E-state index contributed by atoms with van der Waals surface area (Å²) in [6, 6.07) is 3.52. The Morgan fingerprint density at radius 2 is 2.20 bits per heavy atom. The van der Waals surface area contributed by atoms with Gasteiger partial charge in [-0.3, -0.25) is 4.79 Å². The molecular weight excluding hydrogens is 348 g/mol. The lowest BCUT2D eigenvalue weighted by Gasteiger charge is -2.21. The van der Waals surface area contributed by atoms with E-state index in [2.05, 4.69) is 4.90 Å². The van der Waals surface area contributed by atoms with Gasteiger partial charge in [-0.2, -0.15) is 0 Å². The van der Waals surface area contributed by atoms with E-state index in [1.807, 2.05) is 14.1 Å². The molecule has 0 saturated carbocycles. The molecular formula is C17H23ClN2O5. The van der Waals surface area contributed by atoms with E-state index in [1.54, 1.807) is 17.0 Å². The second-order valence-corrected chi connectivity index (χ2v) is 6.74. The minimum atomic E-state index is -1.09. The van der Waals surface area contributed by atoms with Crippen LogP contribution in [0.25, 0.3) is 0 Å². The summed E-state index contributed by atoms with van der Waals surface area (Å²) in [4.78, 5) is 26.2. The Kier molecular flexibility index (Phi) is 6.50. The summed E-state index contributed by atoms with van der Waals surface area (Å²) in [5.41, 5.74) is 0.921. The zero-order valence-electron chi connectivity index (χ0n) is 14.6. The monoisotopic (exact) mass is 370 g/mol. The third-order valence-electron chi connectivity index (χ3n) is 4.07. The number of halogens is 1. The molecule has 1 saturated heterocycles. The average Bonchev–Trinajstić information content (AvgIpc) is 2.83. The molecule has 1 N–H and O–H groups in total. The van der Waals surface area contributed by atoms with E-state index >= 15 is 0 Å². The average molecular weight is 371 g/mol. The molecule has 138 valence electrons. The number of nitrogens with zero attached hydrogens (tertiary/aromatic N) is 2. The maximum Gasteiger partial charge on any atom is 0.341 e. The quantitative estimate of drug-likeness (QED) is 0.750. The van der Waals surface area contributed by atoms with Crippen LogP contribution in [0.1, 0.15) is 12.0 Å². The van der Waals surface area contributed by atoms with Crippen molar-refractivity contribution in [2.45, 2.75) is 13.0 Å². The standard InChI is InChI=1S/C17H23ClN2O5/c1-19(8-12-6-15(21)20(2)9-12)7-11-4-13(18)17(14(5-11)24-3)25-10-16(22)23/h4-5,12H,6-10H2,1-3H3,(H,22,23). The highest BCUT2D eigenvalue weighted by Crippen LogP contribution is 2.36. The Balaban J connectivity index is 2.02. The lowest BCUT2D eigenvalue weighted by molar-refractivity contribution is -0.139. The minimum absolute atomic E-state index is 0.183. The lowest BCUT2D eigenvalue weighted by atomic mass is 10.1. The van der Waals surface area contributed by atoms with E-state index in [0.717, 1.165) is 18.7 Å². The molecule has 7 nitrogen and oxygen atoms in total. The number of carbonyl (C=O) groups excluding carboxylic acids is 1. The van der Waals surface area contributed by atoms with E-state index in [9.17, 15) is 9.59 Å². The summed E-state index contributed by atoms with van der Waals surface area (Å²) in [5.74, 6) is 0.0352. The van der Waals surface area contributed by atoms with Gasteiger partial charge in [-0.25, -0.2) is 4.79 Å². The number of benzene rings is 1. The number of hydrogen-bond acceptors (Lipinski definition) is 5. The van der Waals surface area contributed by atoms with E-state index in [1.165, 1.54) is 7.11 Å². The highest BCUT2D eigenvalue weighted by molar-refractivity contribution is 6.32. The van der Waals surface area contributed by atoms with Gasteiger partial charge < -0.3 is 24.4 Å². The summed E-state index contributed by atoms with van der Waals surface area (Å²) in [7, 11) is 5.29. The first kappa shape index (κ1) is 19.3. The third kappa shape index (κ3) is 5.24. The third-order valence-corrected chi connectivity index (χ3v) is 4.35. The normalized spacial score (nSPS) is 17.2. The van der Waals surface area contributed by atoms with Crippen LogP contribution in [0.15, 0.2) is 12.1 Å². The largest absolute Gasteiger partial charge is 0.493 e. The number of hydrogen-bond donors (Lipinski definition) is 1. The van der Waals surface area contributed by atoms with Crippen molar-refractivity contribution in [3.8, 4) is 11.5 Å². The number of amides is 1. The first-order chi connectivity index (χ1) is 11.8. The summed E-state index contributed by atoms with van der Waals surface area (Å²) < 4.78 is 10.5. The van der Waals surface area contributed by atoms with Gasteiger partial charge in [0.2, 0.25) is 5.91 Å². The number of aliphatic carboxylic acids is 1. The maximum absolute atomic E-state index is 11.6. The molecule has 0 radical (unpaired) electrons. The number of likely N-dealkylation sites (tertiary alicyclic amines) is 1. The number of carboxylic acids is 1. The topological polar surface area (TPSA) is 79.3 Å². The van der Waals surface area contributed by atoms with Crippen LogP contribution in [0, 0.1) is 5.92 Å². The zero-order chi connectivity index (χ0) is 18.6. The van der Waals surface area contributed by atoms with Crippen LogP contribution in [-0.4, -0.2) is 67.7 Å². The SMILES string of the molecule is COc1cc(CN(C)CC2CC(=O)N(C)C2)cc(Cl)c1OCC(=O)O. The number of methoxy groups -OCH3 is 1. The van der Waals surface area contributed by atoms with Crippen LogP contribution < -0.4 is 9.47 Å². The van der Waals surface area contributed by atoms with Gasteiger partial charge in [-0.15, -0.1) is 0 Å². The minimum Gasteiger partial charge on any atom is -0.493 e. The van der Waals surface area contributed by atoms with Crippen molar-refractivity contribution in [3.63, 3.8) is 0 Å². The van der Waals surface area contributed by atoms with Gasteiger partial charge in [0.15, 0.2) is 18.1 Å². The molecule has 0 aromatic heterocycles. The first-order valence-electron chi connectivity index (χ1n) is 7.93. The number of carboxylic acid groups (broad SMARTS) is 1. The Morgan fingerprint density at radius 1 is 1.48 bits per heavy atom. The van der Waals surface area contributed by atoms with E-state index in [4.69, 9.17) is 26.2 Å². The van der Waals surface area contributed by atoms with Gasteiger partial charge in [-0.1, -0.05) is 11.6 Å². The van der Waals surface area contributed by atoms with Crippen molar-refractivity contribution < 1.29 is 24.2 Å². The molecule has 2 rings (SSSR count). The molecule has 1 aliphatic heterocycles. The molecule has 1 heterocycles. The number of carbonyl (C=O) groups is 2. The van der Waals surface area contributed by atoms with Gasteiger partial charge in [0.1, 0.15) is 0 Å². The zero-order valence-corrected chi connectivity index (χ0v) is 15.4. The molecule has 1 amide bonds. The van der Waals surface area contributed by atoms with Crippen LogP contribution in [0.3, 0.4) is 0 Å². The van der Waals surface area contributed by atoms with Crippen molar-refractivity contribution in [1.82, 2.24) is 9.80 Å². The second-order valence-electron chi connectivity index (χ2n) is 6.33. The number of rotatable bonds is 8. The van der Waals surface area contributed by atoms with Crippen LogP contribution in [0.2, 0.25) is 5.02 Å². The Hall–Kier alpha value is -1.99. The highest BCUT2D eigenvalue weighted by atomic mass is 35.5. The van der Waals surface area contributed by atoms with E-state index < -0.39 is 12.6 Å². The van der Waals surface area contributed by atoms with E-state index in [-0.39, 0.29) is 11.7 Å². The summed E-state index contributed by atoms with van der Waals surface area (Å²) in [6.45, 7) is 1.71. The van der Waals surface area contributed by atoms with Gasteiger partial charge in [0, 0.05) is 33.1 Å². The molecule has 8 heteroatoms. The fourth-order valence-electron chi connectivity index (χ4n) is 3.03. The molecule has 1 unspecified atom stereocenters. The van der Waals surface area contributed by atoms with Gasteiger partial charge in [-0.05, 0) is 30.7 Å². The second kappa shape index (κ2) is 8.40. The van der Waals surface area contributed by atoms with Crippen LogP contribution in [0.4, 0.5) is 0 Å². The predicted octanol–water partition coefficient (Wildman–Crippen LogP) is 1.72. The molecule has 1 fully saturated rings. The summed E-state index contributed by atoms with van der Waals surface area (Å²) in [6.07, 6.45) is 0.576. The van der Waals surface area contributed by atoms with Crippen molar-refractivity contribution in [2.24, 2.45) is 5.92 Å². The number of ether oxygens (including phenoxy) is 2. The smallest absolute Gasteiger partial charge is 0.341 e. The maximum atomic E-state index is 11.6. The van der Waals surface area contributed by atoms with Gasteiger partial charge >= 0.3 is 5.97 Å². The van der Waals surface area contributed by atoms with Crippen LogP contribution in [-0.2, 0) is 16.1 Å². The Bertz CT molecular complexity index is 652.